The zero-order valence-corrected chi connectivity index (χ0v) is 11.1. The van der Waals surface area contributed by atoms with E-state index in [1.807, 2.05) is 31.2 Å². The average molecular weight is 242 g/mol. The van der Waals surface area contributed by atoms with Crippen molar-refractivity contribution in [3.05, 3.63) is 29.8 Å². The van der Waals surface area contributed by atoms with E-state index in [-0.39, 0.29) is 5.91 Å². The minimum atomic E-state index is -0.793. The summed E-state index contributed by atoms with van der Waals surface area (Å²) in [6.45, 7) is 4.09. The van der Waals surface area contributed by atoms with E-state index < -0.39 is 5.41 Å². The van der Waals surface area contributed by atoms with E-state index in [1.54, 1.807) is 11.9 Å². The molecule has 1 amide bonds. The maximum atomic E-state index is 12.4. The maximum absolute atomic E-state index is 12.4. The molecule has 0 N–H and O–H groups in total. The van der Waals surface area contributed by atoms with Crippen LogP contribution in [0.5, 0.6) is 0 Å². The van der Waals surface area contributed by atoms with Crippen LogP contribution in [0, 0.1) is 29.6 Å². The van der Waals surface area contributed by atoms with Crippen molar-refractivity contribution in [2.24, 2.45) is 11.3 Å². The smallest absolute Gasteiger partial charge is 0.247 e. The fourth-order valence-corrected chi connectivity index (χ4v) is 2.65. The minimum absolute atomic E-state index is 0.0769. The summed E-state index contributed by atoms with van der Waals surface area (Å²) in [7, 11) is 1.75. The van der Waals surface area contributed by atoms with Gasteiger partial charge in [-0.3, -0.25) is 4.79 Å². The number of carbonyl (C=O) groups excluding carboxylic acids is 1. The Balaban J connectivity index is 2.19. The van der Waals surface area contributed by atoms with Crippen LogP contribution < -0.4 is 4.90 Å². The quantitative estimate of drug-likeness (QED) is 0.800. The van der Waals surface area contributed by atoms with Gasteiger partial charge < -0.3 is 4.90 Å². The fourth-order valence-electron chi connectivity index (χ4n) is 2.65. The standard InChI is InChI=1S/C15H18N2O/c1-11-4-6-13(7-5-11)17(3)14(18)15(10-16)8-12(2)9-15/h4-7,12H,8-9H2,1-3H3. The molecule has 3 nitrogen and oxygen atoms in total. The van der Waals surface area contributed by atoms with Crippen LogP contribution in [0.15, 0.2) is 24.3 Å². The summed E-state index contributed by atoms with van der Waals surface area (Å²) in [5.74, 6) is 0.395. The second-order valence-corrected chi connectivity index (χ2v) is 5.41. The summed E-state index contributed by atoms with van der Waals surface area (Å²) < 4.78 is 0. The van der Waals surface area contributed by atoms with Crippen molar-refractivity contribution in [3.63, 3.8) is 0 Å². The number of hydrogen-bond acceptors (Lipinski definition) is 2. The predicted molar refractivity (Wildman–Crippen MR) is 71.0 cm³/mol. The highest BCUT2D eigenvalue weighted by Gasteiger charge is 2.50. The highest BCUT2D eigenvalue weighted by Crippen LogP contribution is 2.46. The van der Waals surface area contributed by atoms with Gasteiger partial charge in [-0.2, -0.15) is 5.26 Å². The van der Waals surface area contributed by atoms with Gasteiger partial charge in [-0.15, -0.1) is 0 Å². The van der Waals surface area contributed by atoms with Crippen molar-refractivity contribution >= 4 is 11.6 Å². The minimum Gasteiger partial charge on any atom is -0.314 e. The molecule has 0 heterocycles. The molecule has 1 aromatic rings. The molecule has 3 heteroatoms. The highest BCUT2D eigenvalue weighted by atomic mass is 16.2. The summed E-state index contributed by atoms with van der Waals surface area (Å²) in [4.78, 5) is 14.0. The molecule has 0 aliphatic heterocycles. The van der Waals surface area contributed by atoms with Gasteiger partial charge in [-0.25, -0.2) is 0 Å². The number of aryl methyl sites for hydroxylation is 1. The molecule has 0 radical (unpaired) electrons. The third-order valence-corrected chi connectivity index (χ3v) is 3.74. The molecule has 1 saturated carbocycles. The van der Waals surface area contributed by atoms with E-state index in [1.165, 1.54) is 0 Å². The molecule has 1 aliphatic rings. The van der Waals surface area contributed by atoms with Crippen LogP contribution in [0.4, 0.5) is 5.69 Å². The van der Waals surface area contributed by atoms with Crippen LogP contribution in [0.3, 0.4) is 0 Å². The largest absolute Gasteiger partial charge is 0.314 e. The van der Waals surface area contributed by atoms with Crippen LogP contribution in [-0.2, 0) is 4.79 Å². The van der Waals surface area contributed by atoms with Crippen molar-refractivity contribution in [1.82, 2.24) is 0 Å². The van der Waals surface area contributed by atoms with Gasteiger partial charge in [0.1, 0.15) is 5.41 Å². The number of rotatable bonds is 2. The number of hydrogen-bond donors (Lipinski definition) is 0. The van der Waals surface area contributed by atoms with Gasteiger partial charge in [0.15, 0.2) is 0 Å². The van der Waals surface area contributed by atoms with E-state index in [4.69, 9.17) is 0 Å². The summed E-state index contributed by atoms with van der Waals surface area (Å²) in [5, 5.41) is 9.27. The van der Waals surface area contributed by atoms with Gasteiger partial charge in [0.25, 0.3) is 0 Å². The molecule has 0 saturated heterocycles. The molecular weight excluding hydrogens is 224 g/mol. The molecule has 0 bridgehead atoms. The molecule has 18 heavy (non-hydrogen) atoms. The Kier molecular flexibility index (Phi) is 3.13. The second-order valence-electron chi connectivity index (χ2n) is 5.41. The Hall–Kier alpha value is -1.82. The molecule has 1 aliphatic carbocycles. The first-order valence-electron chi connectivity index (χ1n) is 6.24. The number of amides is 1. The number of carbonyl (C=O) groups is 1. The molecular formula is C15H18N2O. The van der Waals surface area contributed by atoms with Crippen LogP contribution in [0.1, 0.15) is 25.3 Å². The van der Waals surface area contributed by atoms with Crippen LogP contribution in [0.25, 0.3) is 0 Å². The zero-order valence-electron chi connectivity index (χ0n) is 11.1. The van der Waals surface area contributed by atoms with Gasteiger partial charge in [0, 0.05) is 12.7 Å². The Morgan fingerprint density at radius 1 is 1.39 bits per heavy atom. The van der Waals surface area contributed by atoms with Crippen LogP contribution in [0.2, 0.25) is 0 Å². The molecule has 1 aromatic carbocycles. The third-order valence-electron chi connectivity index (χ3n) is 3.74. The van der Waals surface area contributed by atoms with Gasteiger partial charge in [0.2, 0.25) is 5.91 Å². The number of anilines is 1. The molecule has 0 spiro atoms. The molecule has 0 atom stereocenters. The SMILES string of the molecule is Cc1ccc(N(C)C(=O)C2(C#N)CC(C)C2)cc1. The fraction of sp³-hybridized carbons (Fsp3) is 0.467. The first kappa shape index (κ1) is 12.6. The Labute approximate surface area is 108 Å². The number of nitrogens with zero attached hydrogens (tertiary/aromatic N) is 2. The number of benzene rings is 1. The molecule has 0 aromatic heterocycles. The molecule has 94 valence electrons. The molecule has 0 unspecified atom stereocenters. The highest BCUT2D eigenvalue weighted by molar-refractivity contribution is 5.99. The van der Waals surface area contributed by atoms with E-state index in [2.05, 4.69) is 13.0 Å². The molecule has 1 fully saturated rings. The average Bonchev–Trinajstić information content (AvgIpc) is 2.34. The van der Waals surface area contributed by atoms with Crippen molar-refractivity contribution in [3.8, 4) is 6.07 Å². The lowest BCUT2D eigenvalue weighted by Gasteiger charge is -2.41. The van der Waals surface area contributed by atoms with Crippen molar-refractivity contribution < 1.29 is 4.79 Å². The lowest BCUT2D eigenvalue weighted by atomic mass is 9.63. The van der Waals surface area contributed by atoms with Crippen LogP contribution >= 0.6 is 0 Å². The van der Waals surface area contributed by atoms with Crippen LogP contribution in [-0.4, -0.2) is 13.0 Å². The van der Waals surface area contributed by atoms with E-state index >= 15 is 0 Å². The summed E-state index contributed by atoms with van der Waals surface area (Å²) in [6.07, 6.45) is 1.36. The first-order valence-corrected chi connectivity index (χ1v) is 6.24. The maximum Gasteiger partial charge on any atom is 0.247 e. The second kappa shape index (κ2) is 4.45. The van der Waals surface area contributed by atoms with Gasteiger partial charge in [-0.1, -0.05) is 24.6 Å². The van der Waals surface area contributed by atoms with E-state index in [0.29, 0.717) is 18.8 Å². The van der Waals surface area contributed by atoms with E-state index in [0.717, 1.165) is 11.3 Å². The Morgan fingerprint density at radius 2 is 1.94 bits per heavy atom. The van der Waals surface area contributed by atoms with Crippen molar-refractivity contribution in [2.75, 3.05) is 11.9 Å². The van der Waals surface area contributed by atoms with Crippen molar-refractivity contribution in [1.29, 1.82) is 5.26 Å². The van der Waals surface area contributed by atoms with Gasteiger partial charge in [-0.05, 0) is 37.8 Å². The van der Waals surface area contributed by atoms with E-state index in [9.17, 15) is 10.1 Å². The predicted octanol–water partition coefficient (Wildman–Crippen LogP) is 2.90. The summed E-state index contributed by atoms with van der Waals surface area (Å²) >= 11 is 0. The van der Waals surface area contributed by atoms with Gasteiger partial charge >= 0.3 is 0 Å². The normalized spacial score (nSPS) is 26.0. The summed E-state index contributed by atoms with van der Waals surface area (Å²) in [6, 6.07) is 10.00. The van der Waals surface area contributed by atoms with Gasteiger partial charge in [0.05, 0.1) is 6.07 Å². The lowest BCUT2D eigenvalue weighted by molar-refractivity contribution is -0.130. The number of nitriles is 1. The van der Waals surface area contributed by atoms with Crippen molar-refractivity contribution in [2.45, 2.75) is 26.7 Å². The summed E-state index contributed by atoms with van der Waals surface area (Å²) in [5.41, 5.74) is 1.21. The first-order chi connectivity index (χ1) is 8.48. The molecule has 2 rings (SSSR count). The third kappa shape index (κ3) is 1.99. The Bertz CT molecular complexity index is 492. The zero-order chi connectivity index (χ0) is 13.3. The topological polar surface area (TPSA) is 44.1 Å². The Morgan fingerprint density at radius 3 is 2.39 bits per heavy atom. The monoisotopic (exact) mass is 242 g/mol. The lowest BCUT2D eigenvalue weighted by Crippen LogP contribution is -2.48.